The van der Waals surface area contributed by atoms with Crippen molar-refractivity contribution in [1.82, 2.24) is 4.73 Å². The minimum absolute atomic E-state index is 0.0481. The van der Waals surface area contributed by atoms with Gasteiger partial charge in [0.1, 0.15) is 0 Å². The second kappa shape index (κ2) is 7.28. The highest BCUT2D eigenvalue weighted by Gasteiger charge is 2.21. The zero-order valence-corrected chi connectivity index (χ0v) is 11.1. The first-order chi connectivity index (χ1) is 8.61. The van der Waals surface area contributed by atoms with Crippen molar-refractivity contribution < 1.29 is 21.2 Å². The van der Waals surface area contributed by atoms with Crippen molar-refractivity contribution >= 4 is 0 Å². The molecule has 0 spiro atoms. The van der Waals surface area contributed by atoms with Crippen LogP contribution in [0.4, 0.5) is 0 Å². The number of aliphatic hydroxyl groups is 1. The second-order valence-electron chi connectivity index (χ2n) is 4.76. The first-order valence-electron chi connectivity index (χ1n) is 6.60. The fraction of sp³-hybridized carbons (Fsp3) is 0.692. The van der Waals surface area contributed by atoms with Crippen LogP contribution in [-0.2, 0) is 0 Å². The van der Waals surface area contributed by atoms with E-state index in [-0.39, 0.29) is 12.4 Å². The molecule has 1 fully saturated rings. The Hall–Kier alpha value is -1.20. The highest BCUT2D eigenvalue weighted by molar-refractivity contribution is 5.36. The molecular weight excluding hydrogens is 232 g/mol. The van der Waals surface area contributed by atoms with Gasteiger partial charge in [-0.05, 0) is 25.3 Å². The summed E-state index contributed by atoms with van der Waals surface area (Å²) in [4.78, 5) is 0. The lowest BCUT2D eigenvalue weighted by molar-refractivity contribution is -0.372. The minimum atomic E-state index is -0.0481. The van der Waals surface area contributed by atoms with Crippen LogP contribution in [0.3, 0.4) is 0 Å². The van der Waals surface area contributed by atoms with Crippen molar-refractivity contribution in [2.24, 2.45) is 0 Å². The van der Waals surface area contributed by atoms with Crippen molar-refractivity contribution in [2.45, 2.75) is 44.9 Å². The average Bonchev–Trinajstić information content (AvgIpc) is 2.65. The highest BCUT2D eigenvalue weighted by Crippen LogP contribution is 2.36. The van der Waals surface area contributed by atoms with Crippen molar-refractivity contribution in [3.05, 3.63) is 17.5 Å². The summed E-state index contributed by atoms with van der Waals surface area (Å²) >= 11 is 0. The van der Waals surface area contributed by atoms with Crippen LogP contribution >= 0.6 is 0 Å². The van der Waals surface area contributed by atoms with Crippen molar-refractivity contribution in [1.29, 1.82) is 0 Å². The van der Waals surface area contributed by atoms with Crippen LogP contribution in [0.25, 0.3) is 0 Å². The molecule has 0 bridgehead atoms. The van der Waals surface area contributed by atoms with Gasteiger partial charge in [0.15, 0.2) is 0 Å². The molecule has 1 aliphatic carbocycles. The summed E-state index contributed by atoms with van der Waals surface area (Å²) in [6, 6.07) is 0. The Kier molecular flexibility index (Phi) is 6.01. The van der Waals surface area contributed by atoms with E-state index in [1.54, 1.807) is 6.92 Å². The van der Waals surface area contributed by atoms with E-state index in [1.807, 2.05) is 0 Å². The van der Waals surface area contributed by atoms with E-state index in [2.05, 4.69) is 5.73 Å². The van der Waals surface area contributed by atoms with E-state index in [0.29, 0.717) is 12.5 Å². The number of quaternary nitrogens is 1. The monoisotopic (exact) mass is 256 g/mol. The van der Waals surface area contributed by atoms with Gasteiger partial charge in [-0.15, -0.1) is 0 Å². The summed E-state index contributed by atoms with van der Waals surface area (Å²) in [7, 11) is 0. The largest absolute Gasteiger partial charge is 0.871 e. The summed E-state index contributed by atoms with van der Waals surface area (Å²) in [6.07, 6.45) is 7.19. The quantitative estimate of drug-likeness (QED) is 0.667. The fourth-order valence-corrected chi connectivity index (χ4v) is 2.44. The van der Waals surface area contributed by atoms with Crippen molar-refractivity contribution in [3.63, 3.8) is 0 Å². The summed E-state index contributed by atoms with van der Waals surface area (Å²) in [5.41, 5.74) is 4.92. The maximum absolute atomic E-state index is 11.3. The molecule has 1 aliphatic rings. The van der Waals surface area contributed by atoms with Crippen LogP contribution in [0.2, 0.25) is 0 Å². The van der Waals surface area contributed by atoms with Gasteiger partial charge >= 0.3 is 0 Å². The number of rotatable bonds is 2. The van der Waals surface area contributed by atoms with Gasteiger partial charge in [-0.1, -0.05) is 25.0 Å². The first kappa shape index (κ1) is 14.9. The molecule has 2 rings (SSSR count). The van der Waals surface area contributed by atoms with Crippen LogP contribution in [0, 0.1) is 6.92 Å². The molecular formula is C13H24N2O3. The second-order valence-corrected chi connectivity index (χ2v) is 4.76. The smallest absolute Gasteiger partial charge is 0.0974 e. The van der Waals surface area contributed by atoms with Crippen LogP contribution in [0.5, 0.6) is 5.75 Å². The topological polar surface area (TPSA) is 96.1 Å². The van der Waals surface area contributed by atoms with Crippen LogP contribution < -0.4 is 10.8 Å². The Bertz CT molecular complexity index is 355. The molecule has 5 nitrogen and oxygen atoms in total. The van der Waals surface area contributed by atoms with E-state index in [4.69, 9.17) is 5.11 Å². The molecule has 0 amide bonds. The van der Waals surface area contributed by atoms with E-state index < -0.39 is 0 Å². The van der Waals surface area contributed by atoms with Gasteiger partial charge in [0.25, 0.3) is 0 Å². The molecule has 0 atom stereocenters. The lowest BCUT2D eigenvalue weighted by atomic mass is 9.86. The molecule has 5 N–H and O–H groups in total. The standard InChI is InChI=1S/C11H17NO2.C2H7NO/c1-8-10(13)7-12(14)11(8)9-5-3-2-4-6-9;3-1-2-4/h7,9,13-14H,2-6H2,1H3;4H,1-3H2. The molecule has 1 heterocycles. The lowest BCUT2D eigenvalue weighted by Gasteiger charge is -2.22. The molecule has 1 saturated carbocycles. The van der Waals surface area contributed by atoms with E-state index in [9.17, 15) is 10.3 Å². The summed E-state index contributed by atoms with van der Waals surface area (Å²) in [6.45, 7) is 2.64. The van der Waals surface area contributed by atoms with Crippen LogP contribution in [0.1, 0.15) is 49.3 Å². The van der Waals surface area contributed by atoms with Gasteiger partial charge in [0.2, 0.25) is 0 Å². The third kappa shape index (κ3) is 3.65. The third-order valence-electron chi connectivity index (χ3n) is 3.39. The number of aromatic nitrogens is 1. The predicted molar refractivity (Wildman–Crippen MR) is 66.5 cm³/mol. The van der Waals surface area contributed by atoms with E-state index in [0.717, 1.165) is 28.8 Å². The van der Waals surface area contributed by atoms with Crippen LogP contribution in [-0.4, -0.2) is 28.2 Å². The van der Waals surface area contributed by atoms with Gasteiger partial charge in [-0.3, -0.25) is 0 Å². The zero-order valence-electron chi connectivity index (χ0n) is 11.1. The third-order valence-corrected chi connectivity index (χ3v) is 3.39. The Balaban J connectivity index is 0.000000357. The normalized spacial score (nSPS) is 16.2. The molecule has 5 heteroatoms. The predicted octanol–water partition coefficient (Wildman–Crippen LogP) is 0.376. The Morgan fingerprint density at radius 3 is 2.33 bits per heavy atom. The van der Waals surface area contributed by atoms with E-state index >= 15 is 0 Å². The number of hydrogen-bond donors (Lipinski definition) is 3. The Labute approximate surface area is 108 Å². The van der Waals surface area contributed by atoms with Crippen molar-refractivity contribution in [3.8, 4) is 5.75 Å². The number of aliphatic hydroxyl groups excluding tert-OH is 1. The maximum Gasteiger partial charge on any atom is 0.0974 e. The highest BCUT2D eigenvalue weighted by atomic mass is 16.5. The molecule has 0 aliphatic heterocycles. The van der Waals surface area contributed by atoms with Crippen molar-refractivity contribution in [2.75, 3.05) is 13.2 Å². The molecule has 0 saturated heterocycles. The van der Waals surface area contributed by atoms with Gasteiger partial charge in [-0.25, -0.2) is 0 Å². The SMILES string of the molecule is Cc1c([O-])cn(O)c1C1CCCCC1.[NH3+]CCO. The molecule has 1 aromatic rings. The van der Waals surface area contributed by atoms with Gasteiger partial charge < -0.3 is 21.2 Å². The summed E-state index contributed by atoms with van der Waals surface area (Å²) in [5, 5.41) is 28.7. The summed E-state index contributed by atoms with van der Waals surface area (Å²) < 4.78 is 1.04. The first-order valence-corrected chi connectivity index (χ1v) is 6.60. The molecule has 0 unspecified atom stereocenters. The lowest BCUT2D eigenvalue weighted by Crippen LogP contribution is -2.51. The fourth-order valence-electron chi connectivity index (χ4n) is 2.44. The molecule has 0 radical (unpaired) electrons. The average molecular weight is 256 g/mol. The van der Waals surface area contributed by atoms with Crippen LogP contribution in [0.15, 0.2) is 6.20 Å². The maximum atomic E-state index is 11.3. The van der Waals surface area contributed by atoms with Gasteiger partial charge in [0.05, 0.1) is 18.8 Å². The minimum Gasteiger partial charge on any atom is -0.871 e. The summed E-state index contributed by atoms with van der Waals surface area (Å²) in [5.74, 6) is 0.338. The molecule has 104 valence electrons. The van der Waals surface area contributed by atoms with Gasteiger partial charge in [0, 0.05) is 12.1 Å². The Morgan fingerprint density at radius 2 is 1.94 bits per heavy atom. The molecule has 18 heavy (non-hydrogen) atoms. The Morgan fingerprint density at radius 1 is 1.39 bits per heavy atom. The van der Waals surface area contributed by atoms with Gasteiger partial charge in [-0.2, -0.15) is 4.73 Å². The zero-order chi connectivity index (χ0) is 13.5. The molecule has 1 aromatic heterocycles. The number of nitrogens with zero attached hydrogens (tertiary/aromatic N) is 1. The molecule has 0 aromatic carbocycles. The number of hydrogen-bond acceptors (Lipinski definition) is 3. The van der Waals surface area contributed by atoms with E-state index in [1.165, 1.54) is 25.5 Å².